The van der Waals surface area contributed by atoms with Gasteiger partial charge in [0.05, 0.1) is 32.0 Å². The fraction of sp³-hybridized carbons (Fsp3) is 0.500. The second-order valence-electron chi connectivity index (χ2n) is 9.85. The van der Waals surface area contributed by atoms with Crippen LogP contribution in [-0.4, -0.2) is 96.5 Å². The molecule has 7 unspecified atom stereocenters. The highest BCUT2D eigenvalue weighted by molar-refractivity contribution is 7.47. The molecule has 0 saturated carbocycles. The lowest BCUT2D eigenvalue weighted by Crippen LogP contribution is -2.29. The summed E-state index contributed by atoms with van der Waals surface area (Å²) in [5.74, 6) is -0.0506. The first-order valence-electron chi connectivity index (χ1n) is 12.8. The maximum Gasteiger partial charge on any atom is 0.472 e. The van der Waals surface area contributed by atoms with Crippen molar-refractivity contribution >= 4 is 49.7 Å². The van der Waals surface area contributed by atoms with Crippen LogP contribution in [0.1, 0.15) is 25.3 Å². The molecule has 6 heterocycles. The maximum atomic E-state index is 13.0. The lowest BCUT2D eigenvalue weighted by molar-refractivity contribution is -0.0549. The number of nitrogen functional groups attached to an aromatic ring is 2. The third kappa shape index (κ3) is 6.23. The summed E-state index contributed by atoms with van der Waals surface area (Å²) in [5.41, 5.74) is 11.5. The topological polar surface area (TPSA) is 320 Å². The van der Waals surface area contributed by atoms with E-state index in [2.05, 4.69) is 34.4 Å². The molecule has 22 nitrogen and oxygen atoms in total. The Balaban J connectivity index is 1.13. The van der Waals surface area contributed by atoms with Gasteiger partial charge in [0, 0.05) is 12.8 Å². The number of anilines is 2. The molecular formula is C20H26N10O12P2. The largest absolute Gasteiger partial charge is 0.472 e. The molecule has 44 heavy (non-hydrogen) atoms. The molecule has 4 aromatic heterocycles. The number of imidazole rings is 2. The molecule has 2 aliphatic rings. The quantitative estimate of drug-likeness (QED) is 0.0969. The van der Waals surface area contributed by atoms with Gasteiger partial charge in [0.2, 0.25) is 5.95 Å². The van der Waals surface area contributed by atoms with Gasteiger partial charge in [-0.2, -0.15) is 4.98 Å². The van der Waals surface area contributed by atoms with Crippen molar-refractivity contribution in [3.8, 4) is 0 Å². The van der Waals surface area contributed by atoms with Crippen LogP contribution in [0.25, 0.3) is 22.3 Å². The minimum atomic E-state index is -4.94. The minimum Gasteiger partial charge on any atom is -0.390 e. The first-order chi connectivity index (χ1) is 20.8. The highest BCUT2D eigenvalue weighted by atomic mass is 31.2. The number of phosphoric acid groups is 2. The van der Waals surface area contributed by atoms with E-state index < -0.39 is 71.3 Å². The van der Waals surface area contributed by atoms with Crippen LogP contribution in [0.15, 0.2) is 23.8 Å². The second-order valence-corrected chi connectivity index (χ2v) is 12.5. The van der Waals surface area contributed by atoms with E-state index in [9.17, 15) is 33.7 Å². The molecule has 6 rings (SSSR count). The minimum absolute atomic E-state index is 0.000717. The number of nitrogens with two attached hydrogens (primary N) is 2. The number of hydrogen-bond donors (Lipinski definition) is 7. The molecule has 2 fully saturated rings. The number of hydrogen-bond acceptors (Lipinski definition) is 16. The molecule has 9 N–H and O–H groups in total. The first-order valence-corrected chi connectivity index (χ1v) is 15.8. The van der Waals surface area contributed by atoms with Crippen LogP contribution in [0, 0.1) is 0 Å². The second kappa shape index (κ2) is 11.5. The van der Waals surface area contributed by atoms with Crippen LogP contribution >= 0.6 is 15.6 Å². The van der Waals surface area contributed by atoms with Crippen molar-refractivity contribution in [2.75, 3.05) is 24.7 Å². The van der Waals surface area contributed by atoms with Crippen LogP contribution in [-0.2, 0) is 32.2 Å². The molecule has 2 saturated heterocycles. The number of H-pyrrole nitrogens is 1. The summed E-state index contributed by atoms with van der Waals surface area (Å²) in [6, 6.07) is 0. The van der Waals surface area contributed by atoms with Crippen molar-refractivity contribution < 1.29 is 52.0 Å². The Bertz CT molecular complexity index is 1840. The van der Waals surface area contributed by atoms with Crippen LogP contribution in [0.2, 0.25) is 0 Å². The van der Waals surface area contributed by atoms with Gasteiger partial charge in [-0.15, -0.1) is 0 Å². The summed E-state index contributed by atoms with van der Waals surface area (Å²) >= 11 is 0. The number of aromatic amines is 1. The van der Waals surface area contributed by atoms with Gasteiger partial charge in [0.25, 0.3) is 5.56 Å². The monoisotopic (exact) mass is 660 g/mol. The molecule has 2 aliphatic heterocycles. The maximum absolute atomic E-state index is 13.0. The van der Waals surface area contributed by atoms with Crippen molar-refractivity contribution in [3.05, 3.63) is 29.3 Å². The number of ether oxygens (including phenoxy) is 2. The molecule has 238 valence electrons. The molecule has 0 amide bonds. The zero-order chi connectivity index (χ0) is 31.4. The number of phosphoric ester groups is 2. The Morgan fingerprint density at radius 2 is 1.59 bits per heavy atom. The highest BCUT2D eigenvalue weighted by Gasteiger charge is 2.44. The van der Waals surface area contributed by atoms with Gasteiger partial charge in [-0.05, 0) is 0 Å². The Morgan fingerprint density at radius 1 is 0.932 bits per heavy atom. The lowest BCUT2D eigenvalue weighted by atomic mass is 10.2. The van der Waals surface area contributed by atoms with E-state index >= 15 is 0 Å². The number of nitrogens with one attached hydrogen (secondary N) is 1. The molecule has 0 bridgehead atoms. The Hall–Kier alpha value is -3.40. The Kier molecular flexibility index (Phi) is 8.01. The smallest absolute Gasteiger partial charge is 0.390 e. The van der Waals surface area contributed by atoms with Crippen molar-refractivity contribution in [2.45, 2.75) is 49.7 Å². The van der Waals surface area contributed by atoms with E-state index in [1.54, 1.807) is 0 Å². The number of rotatable bonds is 10. The predicted molar refractivity (Wildman–Crippen MR) is 144 cm³/mol. The van der Waals surface area contributed by atoms with Crippen LogP contribution in [0.3, 0.4) is 0 Å². The van der Waals surface area contributed by atoms with Gasteiger partial charge in [0.15, 0.2) is 22.6 Å². The van der Waals surface area contributed by atoms with E-state index in [-0.39, 0.29) is 46.9 Å². The van der Waals surface area contributed by atoms with E-state index in [0.29, 0.717) is 0 Å². The highest BCUT2D eigenvalue weighted by Crippen LogP contribution is 2.50. The molecule has 7 atom stereocenters. The van der Waals surface area contributed by atoms with Crippen LogP contribution in [0.5, 0.6) is 0 Å². The van der Waals surface area contributed by atoms with E-state index in [0.717, 1.165) is 0 Å². The van der Waals surface area contributed by atoms with Gasteiger partial charge in [-0.3, -0.25) is 32.5 Å². The van der Waals surface area contributed by atoms with Crippen molar-refractivity contribution in [1.29, 1.82) is 0 Å². The van der Waals surface area contributed by atoms with Gasteiger partial charge >= 0.3 is 15.6 Å². The SMILES string of the molecule is Nc1nc2c(ncn2C2CC(O)C(COP(=O)(O)OC3CC(n4cnc5c(N)ncnc54)OC3COP(=O)(O)O)O2)c(=O)[nH]1. The number of aliphatic hydroxyl groups is 1. The van der Waals surface area contributed by atoms with Crippen LogP contribution < -0.4 is 17.0 Å². The van der Waals surface area contributed by atoms with E-state index in [1.165, 1.54) is 28.1 Å². The fourth-order valence-corrected chi connectivity index (χ4v) is 6.24. The number of aromatic nitrogens is 8. The first kappa shape index (κ1) is 30.6. The lowest BCUT2D eigenvalue weighted by Gasteiger charge is -2.22. The zero-order valence-electron chi connectivity index (χ0n) is 22.3. The molecule has 4 aromatic rings. The Morgan fingerprint density at radius 3 is 2.34 bits per heavy atom. The molecule has 24 heteroatoms. The number of fused-ring (bicyclic) bond motifs is 2. The van der Waals surface area contributed by atoms with Crippen molar-refractivity contribution in [3.63, 3.8) is 0 Å². The summed E-state index contributed by atoms with van der Waals surface area (Å²) in [6.45, 7) is -1.31. The molecule has 0 aliphatic carbocycles. The van der Waals surface area contributed by atoms with Crippen LogP contribution in [0.4, 0.5) is 11.8 Å². The third-order valence-electron chi connectivity index (χ3n) is 6.92. The molecular weight excluding hydrogens is 634 g/mol. The van der Waals surface area contributed by atoms with Crippen molar-refractivity contribution in [2.24, 2.45) is 0 Å². The van der Waals surface area contributed by atoms with E-state index in [4.69, 9.17) is 30.0 Å². The van der Waals surface area contributed by atoms with Gasteiger partial charge in [-0.1, -0.05) is 0 Å². The normalized spacial score (nSPS) is 27.4. The molecule has 0 spiro atoms. The summed E-state index contributed by atoms with van der Waals surface area (Å²) in [6.07, 6.45) is -2.87. The molecule has 0 aromatic carbocycles. The fourth-order valence-electron chi connectivity index (χ4n) is 4.94. The molecule has 0 radical (unpaired) electrons. The summed E-state index contributed by atoms with van der Waals surface area (Å²) < 4.78 is 53.8. The number of aliphatic hydroxyl groups excluding tert-OH is 1. The zero-order valence-corrected chi connectivity index (χ0v) is 24.0. The number of nitrogens with zero attached hydrogens (tertiary/aromatic N) is 7. The third-order valence-corrected chi connectivity index (χ3v) is 8.42. The standard InChI is InChI=1S/C20H26N10O12P2/c21-16-14-17(24-5-23-16)29(6-25-14)13-2-9(11(41-13)4-38-43(33,34)35)42-44(36,37)39-3-10-8(31)1-12(40-10)30-7-26-15-18(30)27-20(22)28-19(15)32/h5-13,31H,1-4H2,(H,36,37)(H2,21,23,24)(H2,33,34,35)(H3,22,27,28,32). The summed E-state index contributed by atoms with van der Waals surface area (Å²) in [5, 5.41) is 10.6. The van der Waals surface area contributed by atoms with E-state index in [1.807, 2.05) is 0 Å². The average Bonchev–Trinajstić information content (AvgIpc) is 3.71. The van der Waals surface area contributed by atoms with Gasteiger partial charge in [-0.25, -0.2) is 29.1 Å². The predicted octanol–water partition coefficient (Wildman–Crippen LogP) is -1.33. The summed E-state index contributed by atoms with van der Waals surface area (Å²) in [7, 11) is -9.84. The van der Waals surface area contributed by atoms with Crippen molar-refractivity contribution in [1.82, 2.24) is 39.0 Å². The Labute approximate surface area is 244 Å². The van der Waals surface area contributed by atoms with Gasteiger partial charge in [0.1, 0.15) is 42.6 Å². The average molecular weight is 660 g/mol. The summed E-state index contributed by atoms with van der Waals surface area (Å²) in [4.78, 5) is 63.4. The van der Waals surface area contributed by atoms with Gasteiger partial charge < -0.3 is 40.7 Å².